The summed E-state index contributed by atoms with van der Waals surface area (Å²) < 4.78 is 71.2. The molecule has 0 spiro atoms. The molecule has 2 aromatic carbocycles. The third kappa shape index (κ3) is 4.69. The van der Waals surface area contributed by atoms with E-state index in [0.717, 1.165) is 6.92 Å². The first-order chi connectivity index (χ1) is 12.7. The molecule has 2 aromatic rings. The molecular weight excluding hydrogens is 373 g/mol. The van der Waals surface area contributed by atoms with Crippen molar-refractivity contribution in [2.24, 2.45) is 0 Å². The molecule has 0 bridgehead atoms. The summed E-state index contributed by atoms with van der Waals surface area (Å²) in [5, 5.41) is 2.18. The Balaban J connectivity index is 2.27. The van der Waals surface area contributed by atoms with Gasteiger partial charge in [0, 0.05) is 6.92 Å². The van der Waals surface area contributed by atoms with Crippen LogP contribution in [0.3, 0.4) is 0 Å². The number of hydrogen-bond acceptors (Lipinski definition) is 3. The van der Waals surface area contributed by atoms with Crippen LogP contribution in [0.5, 0.6) is 0 Å². The van der Waals surface area contributed by atoms with Gasteiger partial charge < -0.3 is 10.1 Å². The van der Waals surface area contributed by atoms with Gasteiger partial charge >= 0.3 is 5.97 Å². The van der Waals surface area contributed by atoms with Crippen molar-refractivity contribution in [1.82, 2.24) is 5.32 Å². The van der Waals surface area contributed by atoms with Crippen LogP contribution in [-0.2, 0) is 20.9 Å². The molecule has 0 saturated heterocycles. The summed E-state index contributed by atoms with van der Waals surface area (Å²) in [6.07, 6.45) is 1.22. The number of ether oxygens (including phenoxy) is 1. The maximum Gasteiger partial charge on any atom is 0.355 e. The molecular formula is C18H12F5NO3. The Labute approximate surface area is 150 Å². The average Bonchev–Trinajstić information content (AvgIpc) is 2.64. The van der Waals surface area contributed by atoms with E-state index in [2.05, 4.69) is 10.1 Å². The Bertz CT molecular complexity index is 884. The summed E-state index contributed by atoms with van der Waals surface area (Å²) in [6, 6.07) is 8.20. The summed E-state index contributed by atoms with van der Waals surface area (Å²) in [6.45, 7) is -0.119. The number of amides is 1. The van der Waals surface area contributed by atoms with E-state index in [4.69, 9.17) is 0 Å². The van der Waals surface area contributed by atoms with E-state index in [1.54, 1.807) is 30.3 Å². The molecule has 0 atom stereocenters. The van der Waals surface area contributed by atoms with E-state index in [0.29, 0.717) is 5.56 Å². The van der Waals surface area contributed by atoms with Crippen LogP contribution in [0.1, 0.15) is 18.1 Å². The van der Waals surface area contributed by atoms with Crippen molar-refractivity contribution in [3.8, 4) is 0 Å². The highest BCUT2D eigenvalue weighted by Gasteiger charge is 2.26. The average molecular weight is 385 g/mol. The highest BCUT2D eigenvalue weighted by Crippen LogP contribution is 2.23. The smallest absolute Gasteiger partial charge is 0.355 e. The van der Waals surface area contributed by atoms with Crippen LogP contribution in [0.4, 0.5) is 22.0 Å². The van der Waals surface area contributed by atoms with Gasteiger partial charge in [-0.15, -0.1) is 0 Å². The zero-order chi connectivity index (χ0) is 20.1. The van der Waals surface area contributed by atoms with Gasteiger partial charge in [-0.25, -0.2) is 26.7 Å². The normalized spacial score (nSPS) is 11.3. The maximum atomic E-state index is 13.6. The Kier molecular flexibility index (Phi) is 6.27. The van der Waals surface area contributed by atoms with E-state index in [1.807, 2.05) is 0 Å². The van der Waals surface area contributed by atoms with E-state index in [-0.39, 0.29) is 5.70 Å². The summed E-state index contributed by atoms with van der Waals surface area (Å²) >= 11 is 0. The van der Waals surface area contributed by atoms with Crippen LogP contribution < -0.4 is 5.32 Å². The standard InChI is InChI=1S/C18H12F5NO3/c1-9(25)24-12(7-10-5-3-2-4-6-10)18(26)27-8-11-13(19)15(21)17(23)16(22)14(11)20/h2-7H,8H2,1H3,(H,24,25). The lowest BCUT2D eigenvalue weighted by Gasteiger charge is -2.11. The molecule has 0 aliphatic heterocycles. The molecule has 27 heavy (non-hydrogen) atoms. The Hall–Kier alpha value is -3.23. The Morgan fingerprint density at radius 1 is 0.926 bits per heavy atom. The van der Waals surface area contributed by atoms with Gasteiger partial charge in [0.2, 0.25) is 11.7 Å². The highest BCUT2D eigenvalue weighted by molar-refractivity contribution is 5.97. The number of carbonyl (C=O) groups is 2. The molecule has 0 saturated carbocycles. The molecule has 0 unspecified atom stereocenters. The summed E-state index contributed by atoms with van der Waals surface area (Å²) in [4.78, 5) is 23.3. The summed E-state index contributed by atoms with van der Waals surface area (Å²) in [5.41, 5.74) is -1.19. The number of rotatable bonds is 5. The van der Waals surface area contributed by atoms with Crippen molar-refractivity contribution in [2.45, 2.75) is 13.5 Å². The number of carbonyl (C=O) groups excluding carboxylic acids is 2. The van der Waals surface area contributed by atoms with Crippen LogP contribution in [0.25, 0.3) is 6.08 Å². The largest absolute Gasteiger partial charge is 0.456 e. The van der Waals surface area contributed by atoms with Crippen molar-refractivity contribution in [3.05, 3.63) is 76.2 Å². The maximum absolute atomic E-state index is 13.6. The zero-order valence-electron chi connectivity index (χ0n) is 13.8. The number of halogens is 5. The van der Waals surface area contributed by atoms with Crippen LogP contribution in [0, 0.1) is 29.1 Å². The first-order valence-electron chi connectivity index (χ1n) is 7.44. The minimum atomic E-state index is -2.32. The molecule has 0 heterocycles. The van der Waals surface area contributed by atoms with Crippen LogP contribution in [0.15, 0.2) is 36.0 Å². The van der Waals surface area contributed by atoms with Gasteiger partial charge in [0.15, 0.2) is 23.3 Å². The number of benzene rings is 2. The fourth-order valence-corrected chi connectivity index (χ4v) is 2.04. The second-order valence-electron chi connectivity index (χ2n) is 5.27. The molecule has 0 fully saturated rings. The minimum absolute atomic E-state index is 0.377. The van der Waals surface area contributed by atoms with Gasteiger partial charge in [-0.1, -0.05) is 30.3 Å². The van der Waals surface area contributed by atoms with Crippen molar-refractivity contribution >= 4 is 18.0 Å². The SMILES string of the molecule is CC(=O)NC(=Cc1ccccc1)C(=O)OCc1c(F)c(F)c(F)c(F)c1F. The van der Waals surface area contributed by atoms with E-state index in [9.17, 15) is 31.5 Å². The van der Waals surface area contributed by atoms with E-state index in [1.165, 1.54) is 6.08 Å². The van der Waals surface area contributed by atoms with Crippen LogP contribution in [0.2, 0.25) is 0 Å². The molecule has 0 aromatic heterocycles. The van der Waals surface area contributed by atoms with Crippen LogP contribution >= 0.6 is 0 Å². The lowest BCUT2D eigenvalue weighted by atomic mass is 10.1. The van der Waals surface area contributed by atoms with Crippen molar-refractivity contribution in [1.29, 1.82) is 0 Å². The first-order valence-corrected chi connectivity index (χ1v) is 7.44. The third-order valence-corrected chi connectivity index (χ3v) is 3.29. The lowest BCUT2D eigenvalue weighted by Crippen LogP contribution is -2.26. The van der Waals surface area contributed by atoms with Gasteiger partial charge in [0.05, 0.1) is 5.56 Å². The minimum Gasteiger partial charge on any atom is -0.456 e. The van der Waals surface area contributed by atoms with Crippen molar-refractivity contribution < 1.29 is 36.3 Å². The molecule has 4 nitrogen and oxygen atoms in total. The summed E-state index contributed by atoms with van der Waals surface area (Å²) in [5.74, 6) is -12.7. The summed E-state index contributed by atoms with van der Waals surface area (Å²) in [7, 11) is 0. The predicted molar refractivity (Wildman–Crippen MR) is 84.3 cm³/mol. The molecule has 142 valence electrons. The molecule has 0 radical (unpaired) electrons. The Morgan fingerprint density at radius 2 is 1.44 bits per heavy atom. The van der Waals surface area contributed by atoms with Gasteiger partial charge in [-0.2, -0.15) is 0 Å². The highest BCUT2D eigenvalue weighted by atomic mass is 19.2. The number of nitrogens with one attached hydrogen (secondary N) is 1. The monoisotopic (exact) mass is 385 g/mol. The molecule has 1 amide bonds. The first kappa shape index (κ1) is 20.1. The molecule has 0 aliphatic carbocycles. The van der Waals surface area contributed by atoms with Crippen LogP contribution in [-0.4, -0.2) is 11.9 Å². The topological polar surface area (TPSA) is 55.4 Å². The van der Waals surface area contributed by atoms with Crippen molar-refractivity contribution in [2.75, 3.05) is 0 Å². The van der Waals surface area contributed by atoms with E-state index >= 15 is 0 Å². The van der Waals surface area contributed by atoms with Crippen molar-refractivity contribution in [3.63, 3.8) is 0 Å². The zero-order valence-corrected chi connectivity index (χ0v) is 13.8. The number of esters is 1. The second kappa shape index (κ2) is 8.43. The van der Waals surface area contributed by atoms with E-state index < -0.39 is 53.1 Å². The van der Waals surface area contributed by atoms with Gasteiger partial charge in [0.1, 0.15) is 12.3 Å². The predicted octanol–water partition coefficient (Wildman–Crippen LogP) is 3.60. The second-order valence-corrected chi connectivity index (χ2v) is 5.27. The third-order valence-electron chi connectivity index (χ3n) is 3.29. The molecule has 9 heteroatoms. The molecule has 0 aliphatic rings. The fraction of sp³-hybridized carbons (Fsp3) is 0.111. The van der Waals surface area contributed by atoms with Gasteiger partial charge in [-0.3, -0.25) is 4.79 Å². The number of hydrogen-bond donors (Lipinski definition) is 1. The lowest BCUT2D eigenvalue weighted by molar-refractivity contribution is -0.141. The van der Waals surface area contributed by atoms with Gasteiger partial charge in [-0.05, 0) is 11.6 Å². The Morgan fingerprint density at radius 3 is 1.96 bits per heavy atom. The molecule has 1 N–H and O–H groups in total. The van der Waals surface area contributed by atoms with Gasteiger partial charge in [0.25, 0.3) is 0 Å². The fourth-order valence-electron chi connectivity index (χ4n) is 2.04. The molecule has 2 rings (SSSR count). The quantitative estimate of drug-likeness (QED) is 0.281.